The maximum Gasteiger partial charge on any atom is 0.266 e. The molecule has 3 aromatic carbocycles. The highest BCUT2D eigenvalue weighted by Crippen LogP contribution is 2.29. The average Bonchev–Trinajstić information content (AvgIpc) is 2.78. The summed E-state index contributed by atoms with van der Waals surface area (Å²) in [7, 11) is 1.58. The number of nitriles is 1. The minimum atomic E-state index is -0.460. The van der Waals surface area contributed by atoms with Gasteiger partial charge < -0.3 is 14.8 Å². The van der Waals surface area contributed by atoms with Crippen molar-refractivity contribution in [3.8, 4) is 17.6 Å². The van der Waals surface area contributed by atoms with Gasteiger partial charge in [-0.1, -0.05) is 55.8 Å². The molecule has 5 nitrogen and oxygen atoms in total. The number of unbranched alkanes of at least 4 members (excludes halogenated alkanes) is 1. The Kier molecular flexibility index (Phi) is 7.07. The summed E-state index contributed by atoms with van der Waals surface area (Å²) in [6, 6.07) is 20.8. The molecule has 1 N–H and O–H groups in total. The molecule has 0 aliphatic rings. The highest BCUT2D eigenvalue weighted by molar-refractivity contribution is 6.12. The van der Waals surface area contributed by atoms with Crippen LogP contribution in [-0.4, -0.2) is 19.6 Å². The Bertz CT molecular complexity index is 1110. The van der Waals surface area contributed by atoms with Gasteiger partial charge in [-0.2, -0.15) is 5.26 Å². The summed E-state index contributed by atoms with van der Waals surface area (Å²) in [4.78, 5) is 12.8. The first-order chi connectivity index (χ1) is 14.7. The molecule has 1 amide bonds. The number of amides is 1. The summed E-state index contributed by atoms with van der Waals surface area (Å²) >= 11 is 0. The van der Waals surface area contributed by atoms with E-state index in [4.69, 9.17) is 9.47 Å². The largest absolute Gasteiger partial charge is 0.493 e. The first kappa shape index (κ1) is 20.9. The second kappa shape index (κ2) is 10.1. The summed E-state index contributed by atoms with van der Waals surface area (Å²) < 4.78 is 11.1. The van der Waals surface area contributed by atoms with Crippen LogP contribution in [0.4, 0.5) is 5.69 Å². The normalized spacial score (nSPS) is 11.0. The molecular formula is C25H24N2O3. The number of anilines is 1. The Morgan fingerprint density at radius 3 is 2.67 bits per heavy atom. The van der Waals surface area contributed by atoms with Crippen molar-refractivity contribution >= 4 is 28.4 Å². The van der Waals surface area contributed by atoms with Crippen molar-refractivity contribution in [3.63, 3.8) is 0 Å². The maximum absolute atomic E-state index is 12.8. The van der Waals surface area contributed by atoms with Crippen LogP contribution >= 0.6 is 0 Å². The van der Waals surface area contributed by atoms with Crippen LogP contribution < -0.4 is 14.8 Å². The second-order valence-corrected chi connectivity index (χ2v) is 6.76. The smallest absolute Gasteiger partial charge is 0.266 e. The molecule has 30 heavy (non-hydrogen) atoms. The molecule has 0 heterocycles. The predicted octanol–water partition coefficient (Wildman–Crippen LogP) is 5.57. The van der Waals surface area contributed by atoms with Gasteiger partial charge in [-0.3, -0.25) is 4.79 Å². The Labute approximate surface area is 176 Å². The molecule has 0 aromatic heterocycles. The molecule has 0 saturated heterocycles. The average molecular weight is 400 g/mol. The summed E-state index contributed by atoms with van der Waals surface area (Å²) in [6.45, 7) is 2.67. The van der Waals surface area contributed by atoms with Crippen molar-refractivity contribution in [2.75, 3.05) is 19.0 Å². The Balaban J connectivity index is 1.85. The fraction of sp³-hybridized carbons (Fsp3) is 0.200. The minimum absolute atomic E-state index is 0.00705. The standard InChI is InChI=1S/C25H24N2O3/c1-3-4-14-30-24-16-18(12-13-23(24)29-2)15-20(17-26)25(28)27-22-11-7-9-19-8-5-6-10-21(19)22/h5-13,15-16H,3-4,14H2,1-2H3,(H,27,28)/b20-15+. The number of fused-ring (bicyclic) bond motifs is 1. The molecule has 0 saturated carbocycles. The summed E-state index contributed by atoms with van der Waals surface area (Å²) in [5.74, 6) is 0.742. The van der Waals surface area contributed by atoms with Crippen molar-refractivity contribution in [2.24, 2.45) is 0 Å². The van der Waals surface area contributed by atoms with Gasteiger partial charge in [0.2, 0.25) is 0 Å². The van der Waals surface area contributed by atoms with Crippen LogP contribution in [0.5, 0.6) is 11.5 Å². The molecule has 0 fully saturated rings. The lowest BCUT2D eigenvalue weighted by molar-refractivity contribution is -0.112. The highest BCUT2D eigenvalue weighted by Gasteiger charge is 2.12. The number of nitrogens with zero attached hydrogens (tertiary/aromatic N) is 1. The van der Waals surface area contributed by atoms with E-state index in [1.165, 1.54) is 0 Å². The molecule has 0 aliphatic carbocycles. The zero-order valence-electron chi connectivity index (χ0n) is 17.1. The van der Waals surface area contributed by atoms with Crippen LogP contribution in [0.25, 0.3) is 16.8 Å². The molecule has 0 radical (unpaired) electrons. The summed E-state index contributed by atoms with van der Waals surface area (Å²) in [5, 5.41) is 14.3. The van der Waals surface area contributed by atoms with Crippen molar-refractivity contribution in [3.05, 3.63) is 71.8 Å². The number of hydrogen-bond donors (Lipinski definition) is 1. The molecule has 0 aliphatic heterocycles. The van der Waals surface area contributed by atoms with Gasteiger partial charge in [0.15, 0.2) is 11.5 Å². The minimum Gasteiger partial charge on any atom is -0.493 e. The van der Waals surface area contributed by atoms with E-state index >= 15 is 0 Å². The SMILES string of the molecule is CCCCOc1cc(/C=C(\C#N)C(=O)Nc2cccc3ccccc23)ccc1OC. The van der Waals surface area contributed by atoms with Crippen molar-refractivity contribution in [2.45, 2.75) is 19.8 Å². The third kappa shape index (κ3) is 4.98. The van der Waals surface area contributed by atoms with Crippen LogP contribution in [0, 0.1) is 11.3 Å². The maximum atomic E-state index is 12.8. The molecular weight excluding hydrogens is 376 g/mol. The monoisotopic (exact) mass is 400 g/mol. The number of hydrogen-bond acceptors (Lipinski definition) is 4. The first-order valence-electron chi connectivity index (χ1n) is 9.88. The topological polar surface area (TPSA) is 71.3 Å². The van der Waals surface area contributed by atoms with E-state index in [9.17, 15) is 10.1 Å². The van der Waals surface area contributed by atoms with Gasteiger partial charge >= 0.3 is 0 Å². The summed E-state index contributed by atoms with van der Waals surface area (Å²) in [5.41, 5.74) is 1.36. The van der Waals surface area contributed by atoms with Crippen molar-refractivity contribution in [1.29, 1.82) is 5.26 Å². The van der Waals surface area contributed by atoms with E-state index in [2.05, 4.69) is 12.2 Å². The lowest BCUT2D eigenvalue weighted by Gasteiger charge is -2.11. The molecule has 152 valence electrons. The fourth-order valence-corrected chi connectivity index (χ4v) is 3.06. The Morgan fingerprint density at radius 1 is 1.10 bits per heavy atom. The summed E-state index contributed by atoms with van der Waals surface area (Å²) in [6.07, 6.45) is 3.50. The van der Waals surface area contributed by atoms with Crippen molar-refractivity contribution < 1.29 is 14.3 Å². The van der Waals surface area contributed by atoms with E-state index in [0.717, 1.165) is 23.6 Å². The number of nitrogens with one attached hydrogen (secondary N) is 1. The Morgan fingerprint density at radius 2 is 1.90 bits per heavy atom. The van der Waals surface area contributed by atoms with Crippen LogP contribution in [0.15, 0.2) is 66.2 Å². The van der Waals surface area contributed by atoms with Gasteiger partial charge in [-0.25, -0.2) is 0 Å². The second-order valence-electron chi connectivity index (χ2n) is 6.76. The quantitative estimate of drug-likeness (QED) is 0.305. The molecule has 0 unspecified atom stereocenters. The van der Waals surface area contributed by atoms with Gasteiger partial charge in [0.25, 0.3) is 5.91 Å². The van der Waals surface area contributed by atoms with E-state index < -0.39 is 5.91 Å². The third-order valence-corrected chi connectivity index (χ3v) is 4.66. The lowest BCUT2D eigenvalue weighted by atomic mass is 10.1. The van der Waals surface area contributed by atoms with Crippen LogP contribution in [0.2, 0.25) is 0 Å². The zero-order valence-corrected chi connectivity index (χ0v) is 17.1. The number of carbonyl (C=O) groups is 1. The van der Waals surface area contributed by atoms with Crippen LogP contribution in [-0.2, 0) is 4.79 Å². The number of rotatable bonds is 8. The molecule has 0 spiro atoms. The molecule has 5 heteroatoms. The van der Waals surface area contributed by atoms with Gasteiger partial charge in [0.1, 0.15) is 11.6 Å². The number of carbonyl (C=O) groups excluding carboxylic acids is 1. The van der Waals surface area contributed by atoms with Gasteiger partial charge in [0, 0.05) is 11.1 Å². The van der Waals surface area contributed by atoms with E-state index in [1.54, 1.807) is 31.4 Å². The van der Waals surface area contributed by atoms with Crippen LogP contribution in [0.3, 0.4) is 0 Å². The number of benzene rings is 3. The molecule has 3 rings (SSSR count). The Hall–Kier alpha value is -3.78. The van der Waals surface area contributed by atoms with E-state index in [0.29, 0.717) is 29.4 Å². The van der Waals surface area contributed by atoms with E-state index in [1.807, 2.05) is 48.5 Å². The highest BCUT2D eigenvalue weighted by atomic mass is 16.5. The van der Waals surface area contributed by atoms with E-state index in [-0.39, 0.29) is 5.57 Å². The fourth-order valence-electron chi connectivity index (χ4n) is 3.06. The van der Waals surface area contributed by atoms with Crippen LogP contribution in [0.1, 0.15) is 25.3 Å². The van der Waals surface area contributed by atoms with Gasteiger partial charge in [-0.05, 0) is 41.6 Å². The first-order valence-corrected chi connectivity index (χ1v) is 9.88. The number of methoxy groups -OCH3 is 1. The zero-order chi connectivity index (χ0) is 21.3. The third-order valence-electron chi connectivity index (χ3n) is 4.66. The number of ether oxygens (including phenoxy) is 2. The lowest BCUT2D eigenvalue weighted by Crippen LogP contribution is -2.13. The molecule has 0 atom stereocenters. The predicted molar refractivity (Wildman–Crippen MR) is 120 cm³/mol. The van der Waals surface area contributed by atoms with Gasteiger partial charge in [-0.15, -0.1) is 0 Å². The van der Waals surface area contributed by atoms with Gasteiger partial charge in [0.05, 0.1) is 13.7 Å². The molecule has 3 aromatic rings. The van der Waals surface area contributed by atoms with Crippen molar-refractivity contribution in [1.82, 2.24) is 0 Å². The molecule has 0 bridgehead atoms.